The summed E-state index contributed by atoms with van der Waals surface area (Å²) < 4.78 is 0. The number of rotatable bonds is 5. The monoisotopic (exact) mass is 214 g/mol. The molecule has 6 nitrogen and oxygen atoms in total. The van der Waals surface area contributed by atoms with E-state index in [1.165, 1.54) is 11.8 Å². The lowest BCUT2D eigenvalue weighted by Crippen LogP contribution is -2.26. The van der Waals surface area contributed by atoms with Gasteiger partial charge in [0.1, 0.15) is 0 Å². The molecule has 3 N–H and O–H groups in total. The molecule has 0 amide bonds. The number of aromatic nitrogens is 2. The van der Waals surface area contributed by atoms with Crippen LogP contribution in [0.4, 0.5) is 0 Å². The number of hydrogen-bond acceptors (Lipinski definition) is 7. The second-order valence-corrected chi connectivity index (χ2v) is 3.28. The smallest absolute Gasteiger partial charge is 0.327 e. The van der Waals surface area contributed by atoms with Crippen molar-refractivity contribution in [1.29, 1.82) is 0 Å². The van der Waals surface area contributed by atoms with Crippen molar-refractivity contribution < 1.29 is 9.63 Å². The van der Waals surface area contributed by atoms with E-state index in [0.29, 0.717) is 10.9 Å². The zero-order valence-electron chi connectivity index (χ0n) is 7.34. The standard InChI is InChI=1S/C7H10N4O2S/c8-11-13-6(12)2-5-14-7-9-3-1-4-10-7/h1,3-4,11H,2,5,8H2. The molecule has 1 rings (SSSR count). The summed E-state index contributed by atoms with van der Waals surface area (Å²) in [5, 5.41) is 0.640. The van der Waals surface area contributed by atoms with Crippen LogP contribution in [0, 0.1) is 0 Å². The van der Waals surface area contributed by atoms with Crippen LogP contribution in [0.15, 0.2) is 23.6 Å². The van der Waals surface area contributed by atoms with E-state index in [1.807, 2.05) is 5.59 Å². The summed E-state index contributed by atoms with van der Waals surface area (Å²) in [6.45, 7) is 0. The van der Waals surface area contributed by atoms with Crippen LogP contribution in [0.25, 0.3) is 0 Å². The fourth-order valence-corrected chi connectivity index (χ4v) is 1.42. The Hall–Kier alpha value is -1.18. The molecule has 0 unspecified atom stereocenters. The van der Waals surface area contributed by atoms with E-state index in [-0.39, 0.29) is 6.42 Å². The molecule has 0 saturated carbocycles. The molecule has 1 aromatic rings. The summed E-state index contributed by atoms with van der Waals surface area (Å²) in [5.41, 5.74) is 1.83. The summed E-state index contributed by atoms with van der Waals surface area (Å²) in [6, 6.07) is 1.73. The van der Waals surface area contributed by atoms with E-state index in [9.17, 15) is 4.79 Å². The summed E-state index contributed by atoms with van der Waals surface area (Å²) in [4.78, 5) is 23.1. The van der Waals surface area contributed by atoms with E-state index in [1.54, 1.807) is 18.5 Å². The molecule has 14 heavy (non-hydrogen) atoms. The molecule has 7 heteroatoms. The van der Waals surface area contributed by atoms with E-state index in [4.69, 9.17) is 5.84 Å². The van der Waals surface area contributed by atoms with Crippen molar-refractivity contribution in [3.8, 4) is 0 Å². The van der Waals surface area contributed by atoms with Gasteiger partial charge in [-0.2, -0.15) is 0 Å². The third kappa shape index (κ3) is 4.17. The van der Waals surface area contributed by atoms with Crippen LogP contribution in [0.1, 0.15) is 6.42 Å². The first kappa shape index (κ1) is 10.9. The van der Waals surface area contributed by atoms with Gasteiger partial charge in [0, 0.05) is 18.1 Å². The molecule has 0 fully saturated rings. The van der Waals surface area contributed by atoms with Crippen LogP contribution in [0.3, 0.4) is 0 Å². The zero-order chi connectivity index (χ0) is 10.2. The van der Waals surface area contributed by atoms with Gasteiger partial charge in [0.15, 0.2) is 5.16 Å². The van der Waals surface area contributed by atoms with Gasteiger partial charge < -0.3 is 4.84 Å². The highest BCUT2D eigenvalue weighted by atomic mass is 32.2. The van der Waals surface area contributed by atoms with Crippen LogP contribution in [0.5, 0.6) is 0 Å². The molecule has 0 aromatic carbocycles. The van der Waals surface area contributed by atoms with Gasteiger partial charge in [-0.05, 0) is 6.07 Å². The van der Waals surface area contributed by atoms with Crippen LogP contribution in [-0.4, -0.2) is 21.7 Å². The number of hydrogen-bond donors (Lipinski definition) is 2. The van der Waals surface area contributed by atoms with Gasteiger partial charge in [-0.1, -0.05) is 17.4 Å². The molecule has 1 aromatic heterocycles. The number of nitrogens with zero attached hydrogens (tertiary/aromatic N) is 2. The molecular formula is C7H10N4O2S. The normalized spacial score (nSPS) is 9.79. The highest BCUT2D eigenvalue weighted by Crippen LogP contribution is 2.11. The molecule has 0 aliphatic rings. The number of thioether (sulfide) groups is 1. The number of carbonyl (C=O) groups excluding carboxylic acids is 1. The maximum absolute atomic E-state index is 10.8. The number of nitrogens with one attached hydrogen (secondary N) is 1. The predicted octanol–water partition coefficient (Wildman–Crippen LogP) is -0.120. The summed E-state index contributed by atoms with van der Waals surface area (Å²) in [5.74, 6) is 4.94. The number of nitrogens with two attached hydrogens (primary N) is 1. The largest absolute Gasteiger partial charge is 0.356 e. The SMILES string of the molecule is NNOC(=O)CCSc1ncccn1. The molecule has 0 atom stereocenters. The Labute approximate surface area is 85.2 Å². The van der Waals surface area contributed by atoms with Crippen molar-refractivity contribution in [2.24, 2.45) is 5.84 Å². The minimum atomic E-state index is -0.407. The van der Waals surface area contributed by atoms with Crippen molar-refractivity contribution in [3.05, 3.63) is 18.5 Å². The van der Waals surface area contributed by atoms with Crippen LogP contribution < -0.4 is 11.4 Å². The lowest BCUT2D eigenvalue weighted by Gasteiger charge is -2.00. The minimum absolute atomic E-state index is 0.257. The lowest BCUT2D eigenvalue weighted by molar-refractivity contribution is -0.150. The average Bonchev–Trinajstić information content (AvgIpc) is 2.20. The third-order valence-electron chi connectivity index (χ3n) is 1.25. The van der Waals surface area contributed by atoms with Gasteiger partial charge in [0.25, 0.3) is 0 Å². The lowest BCUT2D eigenvalue weighted by atomic mass is 10.5. The molecule has 76 valence electrons. The highest BCUT2D eigenvalue weighted by molar-refractivity contribution is 7.99. The molecule has 0 aliphatic carbocycles. The van der Waals surface area contributed by atoms with E-state index in [2.05, 4.69) is 14.8 Å². The molecular weight excluding hydrogens is 204 g/mol. The Kier molecular flexibility index (Phi) is 4.90. The highest BCUT2D eigenvalue weighted by Gasteiger charge is 2.03. The summed E-state index contributed by atoms with van der Waals surface area (Å²) in [6.07, 6.45) is 3.55. The first-order valence-corrected chi connectivity index (χ1v) is 4.86. The van der Waals surface area contributed by atoms with Crippen molar-refractivity contribution in [1.82, 2.24) is 15.6 Å². The molecule has 0 radical (unpaired) electrons. The minimum Gasteiger partial charge on any atom is -0.356 e. The predicted molar refractivity (Wildman–Crippen MR) is 50.8 cm³/mol. The van der Waals surface area contributed by atoms with Crippen molar-refractivity contribution >= 4 is 17.7 Å². The van der Waals surface area contributed by atoms with Crippen molar-refractivity contribution in [2.75, 3.05) is 5.75 Å². The molecule has 0 saturated heterocycles. The second-order valence-electron chi connectivity index (χ2n) is 2.22. The Morgan fingerprint density at radius 3 is 2.93 bits per heavy atom. The third-order valence-corrected chi connectivity index (χ3v) is 2.13. The van der Waals surface area contributed by atoms with Crippen LogP contribution in [0.2, 0.25) is 0 Å². The Balaban J connectivity index is 2.19. The fraction of sp³-hybridized carbons (Fsp3) is 0.286. The van der Waals surface area contributed by atoms with Gasteiger partial charge in [-0.25, -0.2) is 15.8 Å². The topological polar surface area (TPSA) is 90.1 Å². The van der Waals surface area contributed by atoms with Crippen molar-refractivity contribution in [2.45, 2.75) is 11.6 Å². The first-order valence-electron chi connectivity index (χ1n) is 3.88. The van der Waals surface area contributed by atoms with E-state index < -0.39 is 5.97 Å². The van der Waals surface area contributed by atoms with Gasteiger partial charge in [-0.3, -0.25) is 4.79 Å². The van der Waals surface area contributed by atoms with Gasteiger partial charge in [0.05, 0.1) is 6.42 Å². The first-order chi connectivity index (χ1) is 6.83. The quantitative estimate of drug-likeness (QED) is 0.305. The van der Waals surface area contributed by atoms with Crippen LogP contribution >= 0.6 is 11.8 Å². The van der Waals surface area contributed by atoms with E-state index in [0.717, 1.165) is 0 Å². The fourth-order valence-electron chi connectivity index (χ4n) is 0.702. The van der Waals surface area contributed by atoms with Crippen molar-refractivity contribution in [3.63, 3.8) is 0 Å². The Bertz CT molecular complexity index is 282. The number of carbonyl (C=O) groups is 1. The second kappa shape index (κ2) is 6.30. The molecule has 0 bridgehead atoms. The molecule has 1 heterocycles. The average molecular weight is 214 g/mol. The zero-order valence-corrected chi connectivity index (χ0v) is 8.16. The van der Waals surface area contributed by atoms with Gasteiger partial charge in [-0.15, -0.1) is 0 Å². The van der Waals surface area contributed by atoms with Gasteiger partial charge >= 0.3 is 5.97 Å². The van der Waals surface area contributed by atoms with Crippen LogP contribution in [-0.2, 0) is 9.63 Å². The van der Waals surface area contributed by atoms with E-state index >= 15 is 0 Å². The summed E-state index contributed by atoms with van der Waals surface area (Å²) >= 11 is 1.38. The Morgan fingerprint density at radius 1 is 1.57 bits per heavy atom. The Morgan fingerprint density at radius 2 is 2.29 bits per heavy atom. The summed E-state index contributed by atoms with van der Waals surface area (Å²) in [7, 11) is 0. The number of hydrazine groups is 1. The maximum Gasteiger partial charge on any atom is 0.327 e. The molecule has 0 spiro atoms. The maximum atomic E-state index is 10.8. The molecule has 0 aliphatic heterocycles. The van der Waals surface area contributed by atoms with Gasteiger partial charge in [0.2, 0.25) is 0 Å².